The molecule has 8 rings (SSSR count). The van der Waals surface area contributed by atoms with E-state index in [2.05, 4.69) is 20.1 Å². The van der Waals surface area contributed by atoms with Gasteiger partial charge in [-0.1, -0.05) is 20.1 Å². The van der Waals surface area contributed by atoms with Crippen molar-refractivity contribution >= 4 is 5.78 Å². The van der Waals surface area contributed by atoms with Crippen LogP contribution in [-0.4, -0.2) is 135 Å². The lowest BCUT2D eigenvalue weighted by Gasteiger charge is -2.48. The predicted octanol–water partition coefficient (Wildman–Crippen LogP) is 4.12. The van der Waals surface area contributed by atoms with Crippen molar-refractivity contribution in [1.29, 1.82) is 0 Å². The average Bonchev–Trinajstić information content (AvgIpc) is 3.92. The number of aliphatic hydroxyl groups excluding tert-OH is 1. The van der Waals surface area contributed by atoms with Crippen LogP contribution in [0, 0.1) is 11.8 Å². The number of Topliss-reactive ketones (excluding diaryl/α,β-unsaturated/α-hetero) is 1. The van der Waals surface area contributed by atoms with E-state index in [1.807, 2.05) is 0 Å². The van der Waals surface area contributed by atoms with Crippen LogP contribution in [0.2, 0.25) is 0 Å². The number of rotatable bonds is 4. The van der Waals surface area contributed by atoms with Gasteiger partial charge in [-0.15, -0.1) is 0 Å². The monoisotopic (exact) mass is 759 g/mol. The minimum Gasteiger partial charge on any atom is -0.392 e. The zero-order chi connectivity index (χ0) is 37.5. The normalized spacial score (nSPS) is 48.2. The second-order valence-corrected chi connectivity index (χ2v) is 17.6. The molecule has 12 nitrogen and oxygen atoms in total. The first-order chi connectivity index (χ1) is 26.2. The maximum absolute atomic E-state index is 14.1. The highest BCUT2D eigenvalue weighted by Crippen LogP contribution is 2.45. The second kappa shape index (κ2) is 17.3. The van der Waals surface area contributed by atoms with Gasteiger partial charge in [-0.05, 0) is 81.3 Å². The highest BCUT2D eigenvalue weighted by molar-refractivity contribution is 5.79. The van der Waals surface area contributed by atoms with Crippen molar-refractivity contribution in [1.82, 2.24) is 0 Å². The van der Waals surface area contributed by atoms with Crippen LogP contribution < -0.4 is 5.73 Å². The summed E-state index contributed by atoms with van der Waals surface area (Å²) in [5, 5.41) is 10.6. The predicted molar refractivity (Wildman–Crippen MR) is 198 cm³/mol. The quantitative estimate of drug-likeness (QED) is 0.398. The van der Waals surface area contributed by atoms with Crippen molar-refractivity contribution in [2.75, 3.05) is 26.9 Å². The molecule has 8 aliphatic rings. The zero-order valence-electron chi connectivity index (χ0n) is 32.4. The first kappa shape index (κ1) is 39.5. The Morgan fingerprint density at radius 3 is 2.30 bits per heavy atom. The highest BCUT2D eigenvalue weighted by Gasteiger charge is 2.60. The van der Waals surface area contributed by atoms with Gasteiger partial charge < -0.3 is 53.5 Å². The van der Waals surface area contributed by atoms with Gasteiger partial charge in [-0.2, -0.15) is 0 Å². The van der Waals surface area contributed by atoms with E-state index in [1.165, 1.54) is 5.57 Å². The lowest BCUT2D eigenvalue weighted by Crippen LogP contribution is -2.62. The van der Waals surface area contributed by atoms with Crippen LogP contribution in [-0.2, 0) is 47.4 Å². The van der Waals surface area contributed by atoms with E-state index in [0.29, 0.717) is 26.1 Å². The van der Waals surface area contributed by atoms with Crippen LogP contribution in [0.5, 0.6) is 0 Å². The third-order valence-corrected chi connectivity index (χ3v) is 13.9. The summed E-state index contributed by atoms with van der Waals surface area (Å²) in [5.41, 5.74) is 8.06. The number of fused-ring (bicyclic) bond motifs is 10. The third kappa shape index (κ3) is 8.32. The summed E-state index contributed by atoms with van der Waals surface area (Å²) < 4.78 is 59.0. The molecule has 0 amide bonds. The van der Waals surface area contributed by atoms with Crippen molar-refractivity contribution in [2.45, 2.75) is 194 Å². The number of hydrogen-bond acceptors (Lipinski definition) is 12. The molecule has 0 aromatic carbocycles. The van der Waals surface area contributed by atoms with Gasteiger partial charge in [0.15, 0.2) is 0 Å². The number of hydrogen-bond donors (Lipinski definition) is 2. The molecule has 0 spiro atoms. The zero-order valence-corrected chi connectivity index (χ0v) is 32.4. The molecule has 304 valence electrons. The van der Waals surface area contributed by atoms with Crippen LogP contribution in [0.3, 0.4) is 0 Å². The van der Waals surface area contributed by atoms with Crippen molar-refractivity contribution in [3.8, 4) is 0 Å². The number of nitrogens with two attached hydrogens (primary N) is 1. The Morgan fingerprint density at radius 1 is 0.741 bits per heavy atom. The lowest BCUT2D eigenvalue weighted by molar-refractivity contribution is -0.271. The first-order valence-corrected chi connectivity index (χ1v) is 21.1. The first-order valence-electron chi connectivity index (χ1n) is 21.1. The number of methoxy groups -OCH3 is 1. The van der Waals surface area contributed by atoms with E-state index in [4.69, 9.17) is 48.4 Å². The van der Waals surface area contributed by atoms with E-state index in [-0.39, 0.29) is 122 Å². The molecule has 0 radical (unpaired) electrons. The molecule has 54 heavy (non-hydrogen) atoms. The molecule has 0 aromatic rings. The maximum Gasteiger partial charge on any atom is 0.135 e. The molecule has 0 aromatic heterocycles. The van der Waals surface area contributed by atoms with E-state index in [9.17, 15) is 9.90 Å². The molecule has 8 aliphatic heterocycles. The minimum absolute atomic E-state index is 0.00983. The van der Waals surface area contributed by atoms with Crippen molar-refractivity contribution in [2.24, 2.45) is 17.6 Å². The SMILES string of the molecule is C=C1C[C@@H]2CCCCO[C@@H]3C4O[C@@H]5CCO[C@@H]5[C@@H]4O[C@H]4CCC(CC(=O)CC5C(CC6O[C@@H](CCC1O2)C[C@@H](C)C6=C)OC(C[C@H](O)CN)[C@@H]5OC)O[C@@H]43. The molecule has 8 fully saturated rings. The van der Waals surface area contributed by atoms with Gasteiger partial charge in [0.05, 0.1) is 67.1 Å². The fourth-order valence-corrected chi connectivity index (χ4v) is 10.9. The fourth-order valence-electron chi connectivity index (χ4n) is 10.9. The largest absolute Gasteiger partial charge is 0.392 e. The van der Waals surface area contributed by atoms with E-state index < -0.39 is 12.2 Å². The minimum atomic E-state index is -0.730. The van der Waals surface area contributed by atoms with Crippen LogP contribution >= 0.6 is 0 Å². The summed E-state index contributed by atoms with van der Waals surface area (Å²) in [4.78, 5) is 14.1. The van der Waals surface area contributed by atoms with Gasteiger partial charge in [0.2, 0.25) is 0 Å². The molecular weight excluding hydrogens is 694 g/mol. The average molecular weight is 760 g/mol. The Labute approximate surface area is 321 Å². The Kier molecular flexibility index (Phi) is 12.7. The molecule has 12 heteroatoms. The van der Waals surface area contributed by atoms with Crippen molar-refractivity contribution < 1.29 is 52.5 Å². The Bertz CT molecular complexity index is 1330. The summed E-state index contributed by atoms with van der Waals surface area (Å²) in [6.45, 7) is 12.5. The fraction of sp³-hybridized carbons (Fsp3) is 0.881. The summed E-state index contributed by atoms with van der Waals surface area (Å²) in [7, 11) is 1.66. The van der Waals surface area contributed by atoms with Gasteiger partial charge in [-0.25, -0.2) is 0 Å². The van der Waals surface area contributed by atoms with Crippen LogP contribution in [0.25, 0.3) is 0 Å². The lowest BCUT2D eigenvalue weighted by atomic mass is 9.81. The number of aliphatic hydroxyl groups is 1. The van der Waals surface area contributed by atoms with Crippen molar-refractivity contribution in [3.63, 3.8) is 0 Å². The number of ketones is 1. The Morgan fingerprint density at radius 2 is 1.48 bits per heavy atom. The van der Waals surface area contributed by atoms with Gasteiger partial charge >= 0.3 is 0 Å². The summed E-state index contributed by atoms with van der Waals surface area (Å²) >= 11 is 0. The molecule has 8 saturated heterocycles. The molecule has 7 unspecified atom stereocenters. The molecule has 3 N–H and O–H groups in total. The van der Waals surface area contributed by atoms with E-state index in [0.717, 1.165) is 69.8 Å². The van der Waals surface area contributed by atoms with Crippen LogP contribution in [0.4, 0.5) is 0 Å². The second-order valence-electron chi connectivity index (χ2n) is 17.6. The topological polar surface area (TPSA) is 146 Å². The Hall–Kier alpha value is -1.29. The Balaban J connectivity index is 1.03. The molecule has 8 heterocycles. The van der Waals surface area contributed by atoms with Gasteiger partial charge in [0, 0.05) is 58.5 Å². The molecular formula is C42H65NO11. The van der Waals surface area contributed by atoms with Crippen LogP contribution in [0.1, 0.15) is 96.8 Å². The molecule has 18 atom stereocenters. The smallest absolute Gasteiger partial charge is 0.135 e. The van der Waals surface area contributed by atoms with Crippen LogP contribution in [0.15, 0.2) is 24.3 Å². The highest BCUT2D eigenvalue weighted by atomic mass is 16.7. The standard InChI is InChI=1S/C42H65NO11/c1-22-15-28-8-10-31-23(2)16-27(49-31)7-5-6-13-47-40-39-32(53-41-38-33(12-14-48-38)54-42(40)41)11-9-29(51-39)17-25(44)18-30-35(20-34(50-28)24(22)3)52-36(37(30)46-4)19-26(45)21-43/h22,26-42,45H,2-3,5-21,43H2,1,4H3/t22-,26+,27+,28+,29?,30?,31?,32+,33-,34?,35?,36?,37-,38+,39+,40+,41+,42?/m1/s1. The summed E-state index contributed by atoms with van der Waals surface area (Å²) in [6, 6.07) is 0. The number of ether oxygens (including phenoxy) is 9. The van der Waals surface area contributed by atoms with E-state index in [1.54, 1.807) is 7.11 Å². The summed E-state index contributed by atoms with van der Waals surface area (Å²) in [6.07, 6.45) is 6.92. The van der Waals surface area contributed by atoms with Gasteiger partial charge in [0.1, 0.15) is 36.3 Å². The molecule has 6 bridgehead atoms. The molecule has 0 saturated carbocycles. The van der Waals surface area contributed by atoms with Gasteiger partial charge in [0.25, 0.3) is 0 Å². The number of carbonyl (C=O) groups is 1. The van der Waals surface area contributed by atoms with Gasteiger partial charge in [-0.3, -0.25) is 4.79 Å². The van der Waals surface area contributed by atoms with E-state index >= 15 is 0 Å². The maximum atomic E-state index is 14.1. The van der Waals surface area contributed by atoms with Crippen molar-refractivity contribution in [3.05, 3.63) is 24.3 Å². The molecule has 0 aliphatic carbocycles. The third-order valence-electron chi connectivity index (χ3n) is 13.9. The number of carbonyl (C=O) groups excluding carboxylic acids is 1. The summed E-state index contributed by atoms with van der Waals surface area (Å²) in [5.74, 6) is 0.169.